The van der Waals surface area contributed by atoms with Gasteiger partial charge < -0.3 is 0 Å². The number of benzene rings is 13. The summed E-state index contributed by atoms with van der Waals surface area (Å²) in [5, 5.41) is 32.6. The minimum Gasteiger partial charge on any atom is -0.0622 e. The molecule has 0 aliphatic heterocycles. The lowest BCUT2D eigenvalue weighted by Crippen LogP contribution is -1.88. The molecule has 17 rings (SSSR count). The molecule has 0 spiro atoms. The van der Waals surface area contributed by atoms with Crippen molar-refractivity contribution in [1.29, 1.82) is 0 Å². The average molecular weight is 801 g/mol. The summed E-state index contributed by atoms with van der Waals surface area (Å²) in [6.07, 6.45) is 0. The van der Waals surface area contributed by atoms with E-state index in [1.165, 1.54) is 174 Å². The number of fused-ring (bicyclic) bond motifs is 16. The van der Waals surface area contributed by atoms with Crippen molar-refractivity contribution in [3.05, 3.63) is 194 Å². The Labute approximate surface area is 366 Å². The largest absolute Gasteiger partial charge is 0.0622 e. The summed E-state index contributed by atoms with van der Waals surface area (Å²) in [6.45, 7) is 0. The SMILES string of the molecule is c1ccc(-c2ccc3c4c2cccc4c2cc4c(-c5ccccc5)c5c6ccc7c8ccc9c%10c(ccc(c%11ccc(c6c7%11)c5c5c6ccccc6c(c23)c45)c%108)-c2ccccc2-9)cc1. The minimum atomic E-state index is 1.25. The molecule has 0 fully saturated rings. The van der Waals surface area contributed by atoms with Gasteiger partial charge in [-0.25, -0.2) is 0 Å². The van der Waals surface area contributed by atoms with E-state index in [1.54, 1.807) is 0 Å². The highest BCUT2D eigenvalue weighted by molar-refractivity contribution is 6.54. The third kappa shape index (κ3) is 3.56. The number of hydrogen-bond donors (Lipinski definition) is 0. The van der Waals surface area contributed by atoms with Gasteiger partial charge in [0.25, 0.3) is 0 Å². The van der Waals surface area contributed by atoms with Gasteiger partial charge in [-0.05, 0) is 180 Å². The highest BCUT2D eigenvalue weighted by Crippen LogP contribution is 2.59. The molecule has 0 atom stereocenters. The van der Waals surface area contributed by atoms with Gasteiger partial charge in [0, 0.05) is 0 Å². The van der Waals surface area contributed by atoms with E-state index >= 15 is 0 Å². The smallest absolute Gasteiger partial charge is 0.000674 e. The zero-order valence-corrected chi connectivity index (χ0v) is 34.5. The van der Waals surface area contributed by atoms with Crippen LogP contribution in [0, 0.1) is 0 Å². The van der Waals surface area contributed by atoms with Crippen LogP contribution in [0.2, 0.25) is 0 Å². The van der Waals surface area contributed by atoms with Crippen LogP contribution in [-0.4, -0.2) is 0 Å². The highest BCUT2D eigenvalue weighted by Gasteiger charge is 2.30. The first kappa shape index (κ1) is 32.4. The topological polar surface area (TPSA) is 0 Å². The van der Waals surface area contributed by atoms with Gasteiger partial charge in [-0.2, -0.15) is 0 Å². The molecule has 16 aromatic rings. The normalized spacial score (nSPS) is 13.0. The van der Waals surface area contributed by atoms with Crippen LogP contribution in [0.25, 0.3) is 174 Å². The van der Waals surface area contributed by atoms with E-state index in [1.807, 2.05) is 0 Å². The molecule has 0 unspecified atom stereocenters. The Morgan fingerprint density at radius 1 is 0.156 bits per heavy atom. The zero-order chi connectivity index (χ0) is 41.1. The first-order chi connectivity index (χ1) is 31.8. The maximum Gasteiger partial charge on any atom is -0.000674 e. The predicted molar refractivity (Wildman–Crippen MR) is 277 cm³/mol. The summed E-state index contributed by atoms with van der Waals surface area (Å²) in [5.74, 6) is 0. The molecule has 288 valence electrons. The van der Waals surface area contributed by atoms with Crippen LogP contribution in [0.3, 0.4) is 0 Å². The van der Waals surface area contributed by atoms with Crippen molar-refractivity contribution in [2.75, 3.05) is 0 Å². The summed E-state index contributed by atoms with van der Waals surface area (Å²) < 4.78 is 0. The molecule has 64 heavy (non-hydrogen) atoms. The monoisotopic (exact) mass is 800 g/mol. The lowest BCUT2D eigenvalue weighted by molar-refractivity contribution is 1.67. The van der Waals surface area contributed by atoms with Crippen LogP contribution in [0.4, 0.5) is 0 Å². The zero-order valence-electron chi connectivity index (χ0n) is 34.5. The maximum atomic E-state index is 2.58. The minimum absolute atomic E-state index is 1.25. The fourth-order valence-electron chi connectivity index (χ4n) is 13.5. The van der Waals surface area contributed by atoms with Crippen LogP contribution < -0.4 is 0 Å². The Balaban J connectivity index is 1.10. The van der Waals surface area contributed by atoms with Crippen molar-refractivity contribution < 1.29 is 0 Å². The number of hydrogen-bond acceptors (Lipinski definition) is 0. The summed E-state index contributed by atoms with van der Waals surface area (Å²) in [6, 6.07) is 74.2. The quantitative estimate of drug-likeness (QED) is 0.121. The second-order valence-electron chi connectivity index (χ2n) is 18.5. The molecule has 0 aromatic heterocycles. The Morgan fingerprint density at radius 2 is 0.547 bits per heavy atom. The van der Waals surface area contributed by atoms with Crippen LogP contribution in [0.15, 0.2) is 194 Å². The molecule has 0 saturated carbocycles. The van der Waals surface area contributed by atoms with Crippen molar-refractivity contribution >= 4 is 129 Å². The molecule has 1 aliphatic carbocycles. The van der Waals surface area contributed by atoms with Gasteiger partial charge in [-0.1, -0.05) is 188 Å². The Hall–Kier alpha value is -8.32. The van der Waals surface area contributed by atoms with Gasteiger partial charge in [-0.15, -0.1) is 0 Å². The molecule has 16 aromatic carbocycles. The number of rotatable bonds is 2. The van der Waals surface area contributed by atoms with Gasteiger partial charge in [-0.3, -0.25) is 0 Å². The third-order valence-corrected chi connectivity index (χ3v) is 15.8. The standard InChI is InChI=1S/C64H32/c1-3-12-33(13-4-1)35-22-29-48-54-38(35)20-11-21-41(54)51-32-52-53(34-14-5-2-6-15-34)62-49-30-27-46-44-25-23-42-36-16-7-8-17-37(36)43-24-26-45(56(44)55(42)43)47-28-31-50(58(49)57(46)47)63(62)61-40-19-10-9-18-39(40)60(59(48)51)64(52)61/h1-32H. The molecule has 0 saturated heterocycles. The van der Waals surface area contributed by atoms with Crippen LogP contribution in [0.5, 0.6) is 0 Å². The third-order valence-electron chi connectivity index (χ3n) is 15.8. The van der Waals surface area contributed by atoms with E-state index < -0.39 is 0 Å². The molecular formula is C64H32. The van der Waals surface area contributed by atoms with Gasteiger partial charge in [0.1, 0.15) is 0 Å². The van der Waals surface area contributed by atoms with Crippen LogP contribution >= 0.6 is 0 Å². The second-order valence-corrected chi connectivity index (χ2v) is 18.5. The first-order valence-corrected chi connectivity index (χ1v) is 22.6. The maximum absolute atomic E-state index is 2.58. The van der Waals surface area contributed by atoms with E-state index in [9.17, 15) is 0 Å². The second kappa shape index (κ2) is 11.0. The van der Waals surface area contributed by atoms with Crippen LogP contribution in [-0.2, 0) is 0 Å². The summed E-state index contributed by atoms with van der Waals surface area (Å²) >= 11 is 0. The molecule has 0 heteroatoms. The predicted octanol–water partition coefficient (Wildman–Crippen LogP) is 18.3. The van der Waals surface area contributed by atoms with E-state index in [0.29, 0.717) is 0 Å². The van der Waals surface area contributed by atoms with Crippen molar-refractivity contribution in [3.8, 4) is 44.5 Å². The van der Waals surface area contributed by atoms with Crippen molar-refractivity contribution in [2.45, 2.75) is 0 Å². The Morgan fingerprint density at radius 3 is 1.23 bits per heavy atom. The van der Waals surface area contributed by atoms with Gasteiger partial charge in [0.2, 0.25) is 0 Å². The molecule has 0 nitrogen and oxygen atoms in total. The van der Waals surface area contributed by atoms with Gasteiger partial charge in [0.05, 0.1) is 0 Å². The van der Waals surface area contributed by atoms with Gasteiger partial charge in [0.15, 0.2) is 0 Å². The Bertz CT molecular complexity index is 4650. The lowest BCUT2D eigenvalue weighted by atomic mass is 9.87. The van der Waals surface area contributed by atoms with E-state index in [2.05, 4.69) is 194 Å². The Kier molecular flexibility index (Phi) is 5.57. The first-order valence-electron chi connectivity index (χ1n) is 22.6. The molecular weight excluding hydrogens is 769 g/mol. The van der Waals surface area contributed by atoms with E-state index in [4.69, 9.17) is 0 Å². The summed E-state index contributed by atoms with van der Waals surface area (Å²) in [5.41, 5.74) is 10.5. The molecule has 0 amide bonds. The fourth-order valence-corrected chi connectivity index (χ4v) is 13.5. The van der Waals surface area contributed by atoms with Crippen molar-refractivity contribution in [1.82, 2.24) is 0 Å². The van der Waals surface area contributed by atoms with Gasteiger partial charge >= 0.3 is 0 Å². The average Bonchev–Trinajstić information content (AvgIpc) is 4.08. The molecule has 0 radical (unpaired) electrons. The fraction of sp³-hybridized carbons (Fsp3) is 0. The van der Waals surface area contributed by atoms with E-state index in [-0.39, 0.29) is 0 Å². The molecule has 0 bridgehead atoms. The summed E-state index contributed by atoms with van der Waals surface area (Å²) in [7, 11) is 0. The summed E-state index contributed by atoms with van der Waals surface area (Å²) in [4.78, 5) is 0. The van der Waals surface area contributed by atoms with Crippen LogP contribution in [0.1, 0.15) is 0 Å². The lowest BCUT2D eigenvalue weighted by Gasteiger charge is -2.16. The van der Waals surface area contributed by atoms with E-state index in [0.717, 1.165) is 0 Å². The molecule has 0 heterocycles. The molecule has 1 aliphatic rings. The molecule has 0 N–H and O–H groups in total. The van der Waals surface area contributed by atoms with Crippen molar-refractivity contribution in [2.24, 2.45) is 0 Å². The highest BCUT2D eigenvalue weighted by atomic mass is 14.3. The van der Waals surface area contributed by atoms with Crippen molar-refractivity contribution in [3.63, 3.8) is 0 Å².